The molecule has 3 amide bonds. The molecule has 0 aliphatic carbocycles. The van der Waals surface area contributed by atoms with Gasteiger partial charge in [0, 0.05) is 36.1 Å². The maximum Gasteiger partial charge on any atom is 0.254 e. The number of piperidine rings is 1. The van der Waals surface area contributed by atoms with Gasteiger partial charge in [0.1, 0.15) is 6.04 Å². The first-order valence-corrected chi connectivity index (χ1v) is 9.88. The number of amides is 3. The molecule has 1 aromatic rings. The van der Waals surface area contributed by atoms with Gasteiger partial charge in [-0.05, 0) is 55.9 Å². The van der Waals surface area contributed by atoms with Crippen LogP contribution in [0.5, 0.6) is 0 Å². The summed E-state index contributed by atoms with van der Waals surface area (Å²) in [6, 6.07) is 6.86. The van der Waals surface area contributed by atoms with Crippen molar-refractivity contribution in [2.75, 3.05) is 19.6 Å². The van der Waals surface area contributed by atoms with Gasteiger partial charge in [0.2, 0.25) is 11.8 Å². The summed E-state index contributed by atoms with van der Waals surface area (Å²) in [6.07, 6.45) is 3.53. The van der Waals surface area contributed by atoms with Crippen LogP contribution in [0.25, 0.3) is 0 Å². The maximum atomic E-state index is 13.0. The third-order valence-corrected chi connectivity index (χ3v) is 5.83. The minimum absolute atomic E-state index is 0.0329. The van der Waals surface area contributed by atoms with Crippen LogP contribution < -0.4 is 5.73 Å². The lowest BCUT2D eigenvalue weighted by molar-refractivity contribution is -0.136. The normalized spacial score (nSPS) is 21.0. The Morgan fingerprint density at radius 3 is 2.31 bits per heavy atom. The number of hydrogen-bond acceptors (Lipinski definition) is 3. The summed E-state index contributed by atoms with van der Waals surface area (Å²) in [7, 11) is 0. The summed E-state index contributed by atoms with van der Waals surface area (Å²) in [5.41, 5.74) is 5.87. The van der Waals surface area contributed by atoms with Gasteiger partial charge in [-0.1, -0.05) is 15.9 Å². The van der Waals surface area contributed by atoms with Crippen molar-refractivity contribution in [3.63, 3.8) is 0 Å². The molecule has 2 aliphatic rings. The molecule has 0 saturated carbocycles. The summed E-state index contributed by atoms with van der Waals surface area (Å²) in [4.78, 5) is 40.4. The SMILES string of the molecule is NC(=O)CC1CCN(C(=O)C2CCCN2C(=O)c2ccc(Br)cc2)CC1. The third kappa shape index (κ3) is 4.26. The highest BCUT2D eigenvalue weighted by molar-refractivity contribution is 9.10. The number of rotatable bonds is 4. The van der Waals surface area contributed by atoms with Crippen molar-refractivity contribution in [1.82, 2.24) is 9.80 Å². The van der Waals surface area contributed by atoms with Crippen LogP contribution in [0.1, 0.15) is 42.5 Å². The first kappa shape index (κ1) is 18.9. The number of nitrogens with two attached hydrogens (primary N) is 1. The molecule has 0 radical (unpaired) electrons. The van der Waals surface area contributed by atoms with Gasteiger partial charge in [0.05, 0.1) is 0 Å². The second kappa shape index (κ2) is 8.20. The van der Waals surface area contributed by atoms with Gasteiger partial charge in [-0.2, -0.15) is 0 Å². The number of benzene rings is 1. The third-order valence-electron chi connectivity index (χ3n) is 5.31. The fourth-order valence-electron chi connectivity index (χ4n) is 3.88. The van der Waals surface area contributed by atoms with Crippen molar-refractivity contribution in [3.05, 3.63) is 34.3 Å². The molecule has 1 unspecified atom stereocenters. The van der Waals surface area contributed by atoms with E-state index in [9.17, 15) is 14.4 Å². The monoisotopic (exact) mass is 421 g/mol. The Bertz CT molecular complexity index is 684. The molecule has 2 fully saturated rings. The van der Waals surface area contributed by atoms with E-state index in [1.807, 2.05) is 17.0 Å². The summed E-state index contributed by atoms with van der Waals surface area (Å²) in [5.74, 6) is -0.0695. The highest BCUT2D eigenvalue weighted by Crippen LogP contribution is 2.26. The second-order valence-corrected chi connectivity index (χ2v) is 8.02. The standard InChI is InChI=1S/C19H24BrN3O3/c20-15-5-3-14(4-6-15)18(25)23-9-1-2-16(23)19(26)22-10-7-13(8-11-22)12-17(21)24/h3-6,13,16H,1-2,7-12H2,(H2,21,24). The highest BCUT2D eigenvalue weighted by atomic mass is 79.9. The van der Waals surface area contributed by atoms with Gasteiger partial charge < -0.3 is 15.5 Å². The smallest absolute Gasteiger partial charge is 0.254 e. The Kier molecular flexibility index (Phi) is 5.96. The van der Waals surface area contributed by atoms with Gasteiger partial charge in [0.15, 0.2) is 0 Å². The number of primary amides is 1. The Hall–Kier alpha value is -1.89. The zero-order chi connectivity index (χ0) is 18.7. The lowest BCUT2D eigenvalue weighted by Gasteiger charge is -2.35. The van der Waals surface area contributed by atoms with E-state index >= 15 is 0 Å². The van der Waals surface area contributed by atoms with Gasteiger partial charge >= 0.3 is 0 Å². The molecular weight excluding hydrogens is 398 g/mol. The Labute approximate surface area is 161 Å². The predicted octanol–water partition coefficient (Wildman–Crippen LogP) is 2.17. The van der Waals surface area contributed by atoms with E-state index in [-0.39, 0.29) is 29.7 Å². The van der Waals surface area contributed by atoms with Crippen LogP contribution in [0.2, 0.25) is 0 Å². The van der Waals surface area contributed by atoms with Crippen molar-refractivity contribution in [2.24, 2.45) is 11.7 Å². The topological polar surface area (TPSA) is 83.7 Å². The van der Waals surface area contributed by atoms with Crippen LogP contribution in [0.4, 0.5) is 0 Å². The van der Waals surface area contributed by atoms with E-state index in [1.54, 1.807) is 17.0 Å². The number of carbonyl (C=O) groups excluding carboxylic acids is 3. The second-order valence-electron chi connectivity index (χ2n) is 7.10. The van der Waals surface area contributed by atoms with E-state index in [4.69, 9.17) is 5.73 Å². The summed E-state index contributed by atoms with van der Waals surface area (Å²) in [5, 5.41) is 0. The van der Waals surface area contributed by atoms with E-state index in [2.05, 4.69) is 15.9 Å². The van der Waals surface area contributed by atoms with E-state index < -0.39 is 0 Å². The average Bonchev–Trinajstić information content (AvgIpc) is 3.11. The molecule has 2 saturated heterocycles. The van der Waals surface area contributed by atoms with Gasteiger partial charge in [-0.25, -0.2) is 0 Å². The van der Waals surface area contributed by atoms with Gasteiger partial charge in [0.25, 0.3) is 5.91 Å². The van der Waals surface area contributed by atoms with Crippen molar-refractivity contribution >= 4 is 33.7 Å². The van der Waals surface area contributed by atoms with Crippen LogP contribution in [0.3, 0.4) is 0 Å². The quantitative estimate of drug-likeness (QED) is 0.808. The van der Waals surface area contributed by atoms with Crippen molar-refractivity contribution < 1.29 is 14.4 Å². The minimum Gasteiger partial charge on any atom is -0.370 e. The predicted molar refractivity (Wildman–Crippen MR) is 101 cm³/mol. The zero-order valence-corrected chi connectivity index (χ0v) is 16.3. The molecule has 26 heavy (non-hydrogen) atoms. The molecule has 6 nitrogen and oxygen atoms in total. The van der Waals surface area contributed by atoms with Crippen LogP contribution >= 0.6 is 15.9 Å². The zero-order valence-electron chi connectivity index (χ0n) is 14.7. The Morgan fingerprint density at radius 2 is 1.69 bits per heavy atom. The Balaban J connectivity index is 1.62. The maximum absolute atomic E-state index is 13.0. The molecule has 2 N–H and O–H groups in total. The molecule has 3 rings (SSSR count). The number of carbonyl (C=O) groups is 3. The van der Waals surface area contributed by atoms with Crippen LogP contribution in [0.15, 0.2) is 28.7 Å². The number of likely N-dealkylation sites (tertiary alicyclic amines) is 2. The first-order chi connectivity index (χ1) is 12.5. The van der Waals surface area contributed by atoms with E-state index in [0.717, 1.165) is 23.7 Å². The number of hydrogen-bond donors (Lipinski definition) is 1. The lowest BCUT2D eigenvalue weighted by Crippen LogP contribution is -2.50. The fraction of sp³-hybridized carbons (Fsp3) is 0.526. The van der Waals surface area contributed by atoms with E-state index in [1.165, 1.54) is 0 Å². The van der Waals surface area contributed by atoms with Crippen LogP contribution in [0, 0.1) is 5.92 Å². The summed E-state index contributed by atoms with van der Waals surface area (Å²) >= 11 is 3.37. The largest absolute Gasteiger partial charge is 0.370 e. The van der Waals surface area contributed by atoms with Crippen molar-refractivity contribution in [2.45, 2.75) is 38.1 Å². The summed E-state index contributed by atoms with van der Waals surface area (Å²) in [6.45, 7) is 1.88. The van der Waals surface area contributed by atoms with E-state index in [0.29, 0.717) is 38.0 Å². The van der Waals surface area contributed by atoms with Crippen LogP contribution in [-0.2, 0) is 9.59 Å². The molecule has 2 aliphatic heterocycles. The molecule has 140 valence electrons. The van der Waals surface area contributed by atoms with Crippen molar-refractivity contribution in [1.29, 1.82) is 0 Å². The molecule has 0 spiro atoms. The number of nitrogens with zero attached hydrogens (tertiary/aromatic N) is 2. The molecule has 1 aromatic carbocycles. The first-order valence-electron chi connectivity index (χ1n) is 9.09. The lowest BCUT2D eigenvalue weighted by atomic mass is 9.93. The summed E-state index contributed by atoms with van der Waals surface area (Å²) < 4.78 is 0.918. The molecule has 2 heterocycles. The molecule has 7 heteroatoms. The highest BCUT2D eigenvalue weighted by Gasteiger charge is 2.37. The molecule has 1 atom stereocenters. The van der Waals surface area contributed by atoms with Gasteiger partial charge in [-0.3, -0.25) is 14.4 Å². The number of halogens is 1. The minimum atomic E-state index is -0.376. The average molecular weight is 422 g/mol. The molecule has 0 aromatic heterocycles. The van der Waals surface area contributed by atoms with Gasteiger partial charge in [-0.15, -0.1) is 0 Å². The fourth-order valence-corrected chi connectivity index (χ4v) is 4.14. The molecule has 0 bridgehead atoms. The van der Waals surface area contributed by atoms with Crippen molar-refractivity contribution in [3.8, 4) is 0 Å². The van der Waals surface area contributed by atoms with Crippen LogP contribution in [-0.4, -0.2) is 53.2 Å². The molecular formula is C19H24BrN3O3. The Morgan fingerprint density at radius 1 is 1.04 bits per heavy atom.